The Hall–Kier alpha value is -0.770. The Bertz CT molecular complexity index is 231. The Morgan fingerprint density at radius 2 is 2.00 bits per heavy atom. The van der Waals surface area contributed by atoms with E-state index in [2.05, 4.69) is 24.5 Å². The Labute approximate surface area is 98.1 Å². The van der Waals surface area contributed by atoms with Gasteiger partial charge in [-0.1, -0.05) is 13.8 Å². The van der Waals surface area contributed by atoms with Gasteiger partial charge in [0.15, 0.2) is 0 Å². The summed E-state index contributed by atoms with van der Waals surface area (Å²) in [5, 5.41) is 5.95. The van der Waals surface area contributed by atoms with E-state index in [1.807, 2.05) is 6.92 Å². The van der Waals surface area contributed by atoms with Crippen molar-refractivity contribution in [1.29, 1.82) is 0 Å². The van der Waals surface area contributed by atoms with Crippen LogP contribution in [0.25, 0.3) is 0 Å². The van der Waals surface area contributed by atoms with E-state index in [-0.39, 0.29) is 18.1 Å². The van der Waals surface area contributed by atoms with Crippen molar-refractivity contribution < 1.29 is 9.53 Å². The average Bonchev–Trinajstić information content (AvgIpc) is 2.65. The molecule has 0 saturated heterocycles. The van der Waals surface area contributed by atoms with E-state index in [4.69, 9.17) is 4.74 Å². The Morgan fingerprint density at radius 1 is 1.31 bits per heavy atom. The summed E-state index contributed by atoms with van der Waals surface area (Å²) >= 11 is 0. The third kappa shape index (κ3) is 4.00. The number of hydrogen-bond acceptors (Lipinski definition) is 2. The maximum Gasteiger partial charge on any atom is 0.315 e. The SMILES string of the molecule is COC1CCC(NC(=O)NC(C)C(C)C)C1. The van der Waals surface area contributed by atoms with E-state index in [1.54, 1.807) is 7.11 Å². The third-order valence-electron chi connectivity index (χ3n) is 3.41. The quantitative estimate of drug-likeness (QED) is 0.772. The molecule has 1 aliphatic carbocycles. The molecule has 4 heteroatoms. The highest BCUT2D eigenvalue weighted by Gasteiger charge is 2.25. The van der Waals surface area contributed by atoms with Gasteiger partial charge in [0.25, 0.3) is 0 Å². The first-order chi connectivity index (χ1) is 7.52. The lowest BCUT2D eigenvalue weighted by atomic mass is 10.1. The smallest absolute Gasteiger partial charge is 0.315 e. The minimum absolute atomic E-state index is 0.0528. The van der Waals surface area contributed by atoms with Crippen LogP contribution in [-0.4, -0.2) is 31.3 Å². The molecule has 1 fully saturated rings. The Balaban J connectivity index is 2.25. The molecule has 0 spiro atoms. The first-order valence-corrected chi connectivity index (χ1v) is 6.12. The highest BCUT2D eigenvalue weighted by Crippen LogP contribution is 2.21. The van der Waals surface area contributed by atoms with Crippen molar-refractivity contribution in [2.45, 2.75) is 58.2 Å². The van der Waals surface area contributed by atoms with E-state index in [0.29, 0.717) is 12.0 Å². The summed E-state index contributed by atoms with van der Waals surface area (Å²) in [6.45, 7) is 6.22. The van der Waals surface area contributed by atoms with Gasteiger partial charge in [0.05, 0.1) is 6.10 Å². The standard InChI is InChI=1S/C12H24N2O2/c1-8(2)9(3)13-12(15)14-10-5-6-11(7-10)16-4/h8-11H,5-7H2,1-4H3,(H2,13,14,15). The maximum atomic E-state index is 11.6. The normalized spacial score (nSPS) is 26.8. The van der Waals surface area contributed by atoms with Crippen molar-refractivity contribution in [3.8, 4) is 0 Å². The summed E-state index contributed by atoms with van der Waals surface area (Å²) in [5.41, 5.74) is 0. The lowest BCUT2D eigenvalue weighted by molar-refractivity contribution is 0.107. The second-order valence-electron chi connectivity index (χ2n) is 5.02. The molecule has 0 aromatic heterocycles. The fourth-order valence-corrected chi connectivity index (χ4v) is 1.89. The van der Waals surface area contributed by atoms with Gasteiger partial charge in [-0.3, -0.25) is 0 Å². The fourth-order valence-electron chi connectivity index (χ4n) is 1.89. The first kappa shape index (κ1) is 13.3. The van der Waals surface area contributed by atoms with Gasteiger partial charge >= 0.3 is 6.03 Å². The largest absolute Gasteiger partial charge is 0.381 e. The van der Waals surface area contributed by atoms with E-state index in [0.717, 1.165) is 19.3 Å². The zero-order valence-corrected chi connectivity index (χ0v) is 10.7. The third-order valence-corrected chi connectivity index (χ3v) is 3.41. The minimum Gasteiger partial charge on any atom is -0.381 e. The van der Waals surface area contributed by atoms with Crippen LogP contribution in [0.3, 0.4) is 0 Å². The molecule has 2 N–H and O–H groups in total. The number of methoxy groups -OCH3 is 1. The predicted molar refractivity (Wildman–Crippen MR) is 64.4 cm³/mol. The lowest BCUT2D eigenvalue weighted by Gasteiger charge is -2.20. The number of amides is 2. The van der Waals surface area contributed by atoms with Crippen LogP contribution in [0.5, 0.6) is 0 Å². The zero-order valence-electron chi connectivity index (χ0n) is 10.7. The van der Waals surface area contributed by atoms with Crippen LogP contribution in [0.1, 0.15) is 40.0 Å². The van der Waals surface area contributed by atoms with Gasteiger partial charge in [-0.25, -0.2) is 4.79 Å². The van der Waals surface area contributed by atoms with Gasteiger partial charge in [-0.05, 0) is 32.1 Å². The minimum atomic E-state index is -0.0528. The van der Waals surface area contributed by atoms with Gasteiger partial charge < -0.3 is 15.4 Å². The molecule has 16 heavy (non-hydrogen) atoms. The lowest BCUT2D eigenvalue weighted by Crippen LogP contribution is -2.46. The molecular weight excluding hydrogens is 204 g/mol. The van der Waals surface area contributed by atoms with Crippen molar-refractivity contribution in [1.82, 2.24) is 10.6 Å². The first-order valence-electron chi connectivity index (χ1n) is 6.12. The Kier molecular flexibility index (Phi) is 5.06. The number of ether oxygens (including phenoxy) is 1. The number of carbonyl (C=O) groups excluding carboxylic acids is 1. The molecule has 0 aliphatic heterocycles. The number of carbonyl (C=O) groups is 1. The second kappa shape index (κ2) is 6.09. The van der Waals surface area contributed by atoms with E-state index in [1.165, 1.54) is 0 Å². The number of rotatable bonds is 4. The molecule has 0 aromatic rings. The predicted octanol–water partition coefficient (Wildman–Crippen LogP) is 1.90. The van der Waals surface area contributed by atoms with E-state index in [9.17, 15) is 4.79 Å². The average molecular weight is 228 g/mol. The highest BCUT2D eigenvalue weighted by molar-refractivity contribution is 5.74. The monoisotopic (exact) mass is 228 g/mol. The molecular formula is C12H24N2O2. The van der Waals surface area contributed by atoms with Crippen molar-refractivity contribution in [3.05, 3.63) is 0 Å². The molecule has 3 atom stereocenters. The molecule has 0 radical (unpaired) electrons. The molecule has 0 bridgehead atoms. The van der Waals surface area contributed by atoms with Crippen LogP contribution >= 0.6 is 0 Å². The molecule has 3 unspecified atom stereocenters. The van der Waals surface area contributed by atoms with Crippen LogP contribution in [0.4, 0.5) is 4.79 Å². The molecule has 0 aromatic carbocycles. The zero-order chi connectivity index (χ0) is 12.1. The summed E-state index contributed by atoms with van der Waals surface area (Å²) in [6, 6.07) is 0.423. The van der Waals surface area contributed by atoms with Crippen molar-refractivity contribution in [2.24, 2.45) is 5.92 Å². The van der Waals surface area contributed by atoms with Gasteiger partial charge in [0.2, 0.25) is 0 Å². The summed E-state index contributed by atoms with van der Waals surface area (Å²) in [4.78, 5) is 11.6. The molecule has 0 heterocycles. The molecule has 2 amide bonds. The fraction of sp³-hybridized carbons (Fsp3) is 0.917. The molecule has 1 rings (SSSR count). The van der Waals surface area contributed by atoms with Crippen LogP contribution in [0, 0.1) is 5.92 Å². The van der Waals surface area contributed by atoms with E-state index >= 15 is 0 Å². The van der Waals surface area contributed by atoms with Gasteiger partial charge in [-0.2, -0.15) is 0 Å². The van der Waals surface area contributed by atoms with Gasteiger partial charge in [0.1, 0.15) is 0 Å². The summed E-state index contributed by atoms with van der Waals surface area (Å²) in [6.07, 6.45) is 3.30. The van der Waals surface area contributed by atoms with Crippen molar-refractivity contribution in [2.75, 3.05) is 7.11 Å². The molecule has 4 nitrogen and oxygen atoms in total. The molecule has 1 aliphatic rings. The summed E-state index contributed by atoms with van der Waals surface area (Å²) < 4.78 is 5.27. The summed E-state index contributed by atoms with van der Waals surface area (Å²) in [7, 11) is 1.73. The highest BCUT2D eigenvalue weighted by atomic mass is 16.5. The number of urea groups is 1. The number of hydrogen-bond donors (Lipinski definition) is 2. The molecule has 94 valence electrons. The van der Waals surface area contributed by atoms with Gasteiger partial charge in [0, 0.05) is 19.2 Å². The maximum absolute atomic E-state index is 11.6. The van der Waals surface area contributed by atoms with Crippen molar-refractivity contribution >= 4 is 6.03 Å². The topological polar surface area (TPSA) is 50.4 Å². The van der Waals surface area contributed by atoms with Crippen LogP contribution in [0.2, 0.25) is 0 Å². The van der Waals surface area contributed by atoms with Crippen LogP contribution < -0.4 is 10.6 Å². The van der Waals surface area contributed by atoms with E-state index < -0.39 is 0 Å². The van der Waals surface area contributed by atoms with Crippen LogP contribution in [-0.2, 0) is 4.74 Å². The molecule has 1 saturated carbocycles. The second-order valence-corrected chi connectivity index (χ2v) is 5.02. The van der Waals surface area contributed by atoms with Gasteiger partial charge in [-0.15, -0.1) is 0 Å². The van der Waals surface area contributed by atoms with Crippen LogP contribution in [0.15, 0.2) is 0 Å². The van der Waals surface area contributed by atoms with Crippen molar-refractivity contribution in [3.63, 3.8) is 0 Å². The summed E-state index contributed by atoms with van der Waals surface area (Å²) in [5.74, 6) is 0.459. The Morgan fingerprint density at radius 3 is 2.50 bits per heavy atom. The number of nitrogens with one attached hydrogen (secondary N) is 2.